The maximum Gasteiger partial charge on any atom is 0.00671 e. The van der Waals surface area contributed by atoms with E-state index in [2.05, 4.69) is 46.4 Å². The van der Waals surface area contributed by atoms with E-state index in [1.165, 1.54) is 96.6 Å². The number of nitrogens with zero attached hydrogens (tertiary/aromatic N) is 1. The van der Waals surface area contributed by atoms with Gasteiger partial charge in [0, 0.05) is 19.1 Å². The molecule has 1 nitrogen and oxygen atoms in total. The van der Waals surface area contributed by atoms with Crippen LogP contribution in [0.1, 0.15) is 125 Å². The first kappa shape index (κ1) is 25.0. The molecule has 3 atom stereocenters. The third kappa shape index (κ3) is 12.9. The van der Waals surface area contributed by atoms with Gasteiger partial charge in [-0.1, -0.05) is 98.8 Å². The summed E-state index contributed by atoms with van der Waals surface area (Å²) in [5.74, 6) is 1.81. The van der Waals surface area contributed by atoms with Crippen LogP contribution in [0.25, 0.3) is 0 Å². The van der Waals surface area contributed by atoms with Crippen molar-refractivity contribution in [1.82, 2.24) is 4.90 Å². The quantitative estimate of drug-likeness (QED) is 0.225. The van der Waals surface area contributed by atoms with E-state index in [1.807, 2.05) is 0 Å². The summed E-state index contributed by atoms with van der Waals surface area (Å²) in [6.45, 7) is 17.0. The Hall–Kier alpha value is -0.0400. The van der Waals surface area contributed by atoms with Gasteiger partial charge in [0.05, 0.1) is 0 Å². The molecule has 3 unspecified atom stereocenters. The minimum atomic E-state index is 0.767. The van der Waals surface area contributed by atoms with Crippen molar-refractivity contribution in [2.45, 2.75) is 131 Å². The fourth-order valence-electron chi connectivity index (χ4n) is 3.98. The summed E-state index contributed by atoms with van der Waals surface area (Å²) in [5.41, 5.74) is 0. The van der Waals surface area contributed by atoms with Crippen molar-refractivity contribution in [2.75, 3.05) is 13.1 Å². The zero-order chi connectivity index (χ0) is 18.9. The van der Waals surface area contributed by atoms with E-state index in [1.54, 1.807) is 0 Å². The van der Waals surface area contributed by atoms with E-state index in [-0.39, 0.29) is 0 Å². The van der Waals surface area contributed by atoms with Crippen LogP contribution in [0.3, 0.4) is 0 Å². The molecule has 1 heteroatoms. The van der Waals surface area contributed by atoms with Gasteiger partial charge in [-0.3, -0.25) is 0 Å². The molecule has 0 amide bonds. The third-order valence-corrected chi connectivity index (χ3v) is 6.17. The first-order valence-electron chi connectivity index (χ1n) is 11.9. The second-order valence-electron chi connectivity index (χ2n) is 8.49. The molecule has 0 radical (unpaired) electrons. The van der Waals surface area contributed by atoms with Crippen LogP contribution < -0.4 is 0 Å². The average molecular weight is 354 g/mol. The molecule has 152 valence electrons. The van der Waals surface area contributed by atoms with Gasteiger partial charge in [0.25, 0.3) is 0 Å². The van der Waals surface area contributed by atoms with E-state index in [9.17, 15) is 0 Å². The van der Waals surface area contributed by atoms with Crippen LogP contribution in [0.2, 0.25) is 0 Å². The third-order valence-electron chi connectivity index (χ3n) is 6.17. The summed E-state index contributed by atoms with van der Waals surface area (Å²) in [7, 11) is 0. The maximum atomic E-state index is 2.89. The van der Waals surface area contributed by atoms with E-state index in [0.29, 0.717) is 0 Å². The van der Waals surface area contributed by atoms with Crippen molar-refractivity contribution >= 4 is 0 Å². The minimum Gasteiger partial charge on any atom is -0.300 e. The molecule has 0 heterocycles. The predicted octanol–water partition coefficient (Wildman–Crippen LogP) is 8.08. The largest absolute Gasteiger partial charge is 0.300 e. The lowest BCUT2D eigenvalue weighted by molar-refractivity contribution is 0.130. The number of hydrogen-bond acceptors (Lipinski definition) is 1. The molecule has 0 aliphatic carbocycles. The first-order chi connectivity index (χ1) is 12.1. The lowest BCUT2D eigenvalue weighted by Gasteiger charge is -2.35. The van der Waals surface area contributed by atoms with Crippen molar-refractivity contribution < 1.29 is 0 Å². The highest BCUT2D eigenvalue weighted by molar-refractivity contribution is 4.75. The second kappa shape index (κ2) is 17.4. The van der Waals surface area contributed by atoms with Gasteiger partial charge in [0.1, 0.15) is 0 Å². The minimum absolute atomic E-state index is 0.767. The highest BCUT2D eigenvalue weighted by atomic mass is 15.2. The number of rotatable bonds is 18. The van der Waals surface area contributed by atoms with Crippen molar-refractivity contribution in [2.24, 2.45) is 11.8 Å². The maximum absolute atomic E-state index is 2.89. The normalized spacial score (nSPS) is 15.5. The Morgan fingerprint density at radius 2 is 1.04 bits per heavy atom. The zero-order valence-electron chi connectivity index (χ0n) is 18.8. The molecule has 0 aliphatic heterocycles. The number of hydrogen-bond donors (Lipinski definition) is 0. The summed E-state index contributed by atoms with van der Waals surface area (Å²) in [6, 6.07) is 0.767. The van der Waals surface area contributed by atoms with Gasteiger partial charge in [-0.25, -0.2) is 0 Å². The Labute approximate surface area is 161 Å². The van der Waals surface area contributed by atoms with Crippen molar-refractivity contribution in [1.29, 1.82) is 0 Å². The van der Waals surface area contributed by atoms with Gasteiger partial charge in [-0.05, 0) is 38.0 Å². The molecule has 0 aliphatic rings. The Morgan fingerprint density at radius 3 is 1.44 bits per heavy atom. The fraction of sp³-hybridized carbons (Fsp3) is 1.00. The average Bonchev–Trinajstić information content (AvgIpc) is 2.63. The van der Waals surface area contributed by atoms with Crippen LogP contribution in [-0.2, 0) is 0 Å². The molecule has 0 saturated heterocycles. The monoisotopic (exact) mass is 353 g/mol. The summed E-state index contributed by atoms with van der Waals surface area (Å²) in [5, 5.41) is 0. The molecule has 0 bridgehead atoms. The van der Waals surface area contributed by atoms with Gasteiger partial charge in [0.15, 0.2) is 0 Å². The van der Waals surface area contributed by atoms with Crippen LogP contribution in [0, 0.1) is 11.8 Å². The molecule has 0 aromatic rings. The van der Waals surface area contributed by atoms with Crippen LogP contribution in [0.15, 0.2) is 0 Å². The van der Waals surface area contributed by atoms with E-state index in [4.69, 9.17) is 0 Å². The fourth-order valence-corrected chi connectivity index (χ4v) is 3.98. The molecule has 25 heavy (non-hydrogen) atoms. The molecular weight excluding hydrogens is 302 g/mol. The summed E-state index contributed by atoms with van der Waals surface area (Å²) in [6.07, 6.45) is 18.1. The molecule has 0 saturated carbocycles. The predicted molar refractivity (Wildman–Crippen MR) is 116 cm³/mol. The molecule has 0 aromatic carbocycles. The van der Waals surface area contributed by atoms with Gasteiger partial charge in [-0.2, -0.15) is 0 Å². The highest BCUT2D eigenvalue weighted by Crippen LogP contribution is 2.22. The molecule has 0 spiro atoms. The van der Waals surface area contributed by atoms with E-state index < -0.39 is 0 Å². The smallest absolute Gasteiger partial charge is 0.00671 e. The zero-order valence-corrected chi connectivity index (χ0v) is 18.8. The van der Waals surface area contributed by atoms with E-state index >= 15 is 0 Å². The van der Waals surface area contributed by atoms with Gasteiger partial charge in [0.2, 0.25) is 0 Å². The number of unbranched alkanes of at least 4 members (excludes halogenated alkanes) is 5. The summed E-state index contributed by atoms with van der Waals surface area (Å²) >= 11 is 0. The molecule has 0 fully saturated rings. The van der Waals surface area contributed by atoms with Gasteiger partial charge >= 0.3 is 0 Å². The Morgan fingerprint density at radius 1 is 0.560 bits per heavy atom. The second-order valence-corrected chi connectivity index (χ2v) is 8.49. The topological polar surface area (TPSA) is 3.24 Å². The Balaban J connectivity index is 4.69. The van der Waals surface area contributed by atoms with Crippen LogP contribution >= 0.6 is 0 Å². The lowest BCUT2D eigenvalue weighted by atomic mass is 9.94. The molecule has 0 rings (SSSR count). The van der Waals surface area contributed by atoms with Gasteiger partial charge in [-0.15, -0.1) is 0 Å². The summed E-state index contributed by atoms with van der Waals surface area (Å²) in [4.78, 5) is 2.89. The summed E-state index contributed by atoms with van der Waals surface area (Å²) < 4.78 is 0. The van der Waals surface area contributed by atoms with Crippen molar-refractivity contribution in [3.8, 4) is 0 Å². The highest BCUT2D eigenvalue weighted by Gasteiger charge is 2.21. The standard InChI is InChI=1S/C24H51N/c1-7-12-15-16-17-22(6)25(20-23(10-4)18-13-8-2)21-24(11-5)19-14-9-3/h22-24H,7-21H2,1-6H3. The first-order valence-corrected chi connectivity index (χ1v) is 11.9. The van der Waals surface area contributed by atoms with Crippen LogP contribution in [0.4, 0.5) is 0 Å². The Bertz CT molecular complexity index is 245. The van der Waals surface area contributed by atoms with Crippen LogP contribution in [-0.4, -0.2) is 24.0 Å². The molecule has 0 aromatic heterocycles. The molecular formula is C24H51N. The Kier molecular flexibility index (Phi) is 17.3. The van der Waals surface area contributed by atoms with Crippen molar-refractivity contribution in [3.05, 3.63) is 0 Å². The van der Waals surface area contributed by atoms with Crippen LogP contribution in [0.5, 0.6) is 0 Å². The van der Waals surface area contributed by atoms with E-state index in [0.717, 1.165) is 17.9 Å². The van der Waals surface area contributed by atoms with Gasteiger partial charge < -0.3 is 4.90 Å². The van der Waals surface area contributed by atoms with Crippen molar-refractivity contribution in [3.63, 3.8) is 0 Å². The SMILES string of the molecule is CCCCCCC(C)N(CC(CC)CCCC)CC(CC)CCCC. The lowest BCUT2D eigenvalue weighted by Crippen LogP contribution is -2.40. The molecule has 0 N–H and O–H groups in total.